The van der Waals surface area contributed by atoms with E-state index in [4.69, 9.17) is 29.8 Å². The quantitative estimate of drug-likeness (QED) is 0.0998. The van der Waals surface area contributed by atoms with Gasteiger partial charge in [-0.2, -0.15) is 0 Å². The molecule has 0 aromatic heterocycles. The molecule has 1 aromatic rings. The molecular weight excluding hydrogens is 564 g/mol. The van der Waals surface area contributed by atoms with E-state index >= 15 is 0 Å². The number of hydrogen-bond donors (Lipinski definition) is 0. The Bertz CT molecular complexity index is 965. The predicted molar refractivity (Wildman–Crippen MR) is 187 cm³/mol. The second kappa shape index (κ2) is 21.5. The smallest absolute Gasteiger partial charge is 0.127 e. The zero-order valence-electron chi connectivity index (χ0n) is 31.7. The molecule has 1 heterocycles. The zero-order valence-corrected chi connectivity index (χ0v) is 30.7. The Morgan fingerprint density at radius 1 is 0.756 bits per heavy atom. The van der Waals surface area contributed by atoms with Crippen LogP contribution in [0.4, 0.5) is 0 Å². The van der Waals surface area contributed by atoms with Gasteiger partial charge < -0.3 is 28.4 Å². The summed E-state index contributed by atoms with van der Waals surface area (Å²) in [6.07, 6.45) is 13.8. The summed E-state index contributed by atoms with van der Waals surface area (Å²) in [5.41, 5.74) is 4.78. The van der Waals surface area contributed by atoms with Gasteiger partial charge in [0.1, 0.15) is 23.7 Å². The van der Waals surface area contributed by atoms with E-state index in [-0.39, 0.29) is 18.6 Å². The normalized spacial score (nSPS) is 18.8. The van der Waals surface area contributed by atoms with E-state index in [9.17, 15) is 0 Å². The molecule has 4 atom stereocenters. The van der Waals surface area contributed by atoms with Crippen LogP contribution < -0.4 is 9.47 Å². The third kappa shape index (κ3) is 15.0. The number of hydrogen-bond acceptors (Lipinski definition) is 6. The van der Waals surface area contributed by atoms with Crippen molar-refractivity contribution in [2.75, 3.05) is 53.4 Å². The van der Waals surface area contributed by atoms with Crippen molar-refractivity contribution < 1.29 is 29.8 Å². The second-order valence-corrected chi connectivity index (χ2v) is 14.4. The lowest BCUT2D eigenvalue weighted by atomic mass is 9.83. The van der Waals surface area contributed by atoms with Crippen LogP contribution in [0.1, 0.15) is 129 Å². The molecule has 0 saturated heterocycles. The molecule has 4 unspecified atom stereocenters. The highest BCUT2D eigenvalue weighted by Crippen LogP contribution is 2.45. The molecule has 0 saturated carbocycles. The maximum atomic E-state index is 7.33. The minimum atomic E-state index is -0.177. The molecule has 0 radical (unpaired) electrons. The van der Waals surface area contributed by atoms with Crippen molar-refractivity contribution in [1.82, 2.24) is 0 Å². The number of rotatable bonds is 25. The third-order valence-corrected chi connectivity index (χ3v) is 9.69. The molecule has 0 fully saturated rings. The van der Waals surface area contributed by atoms with E-state index in [1.54, 1.807) is 7.11 Å². The van der Waals surface area contributed by atoms with Gasteiger partial charge in [-0.3, -0.25) is 0 Å². The molecule has 262 valence electrons. The highest BCUT2D eigenvalue weighted by atomic mass is 16.6. The molecule has 2 rings (SSSR count). The molecule has 6 heteroatoms. The summed E-state index contributed by atoms with van der Waals surface area (Å²) in [6.45, 7) is 22.0. The van der Waals surface area contributed by atoms with Gasteiger partial charge in [-0.1, -0.05) is 72.6 Å². The van der Waals surface area contributed by atoms with Crippen LogP contribution in [0.2, 0.25) is 0 Å². The molecule has 0 spiro atoms. The molecule has 0 N–H and O–H groups in total. The molecule has 1 aliphatic rings. The maximum absolute atomic E-state index is 7.33. The molecule has 0 aliphatic carbocycles. The fourth-order valence-corrected chi connectivity index (χ4v) is 6.40. The molecule has 0 amide bonds. The Morgan fingerprint density at radius 3 is 1.93 bits per heavy atom. The predicted octanol–water partition coefficient (Wildman–Crippen LogP) is 9.60. The first-order valence-electron chi connectivity index (χ1n) is 18.7. The Hall–Kier alpha value is -1.34. The molecule has 1 aromatic carbocycles. The Morgan fingerprint density at radius 2 is 1.33 bits per heavy atom. The maximum Gasteiger partial charge on any atom is 0.127 e. The van der Waals surface area contributed by atoms with E-state index in [0.717, 1.165) is 54.1 Å². The molecule has 0 bridgehead atoms. The number of ether oxygens (including phenoxy) is 6. The summed E-state index contributed by atoms with van der Waals surface area (Å²) in [5.74, 6) is 4.56. The first-order chi connectivity index (χ1) is 22.0. The SMILES string of the molecule is [2H]CC(COCCOCCOCCOc1c(C)c(C)c2c(c1C)CCC(C)(CCCC(C)CCCC(C)CCCC(C)C)O2)OC. The standard InChI is InChI=1S/C39H70O6/c1-29(2)14-11-15-30(3)16-12-17-31(4)18-13-20-39(9)21-19-36-35(8)37(33(6)34(7)38(36)45-39)44-27-26-42-23-22-41-24-25-43-28-32(5)40-10/h29-32H,11-28H2,1-10H3/i5D. The molecule has 6 nitrogen and oxygen atoms in total. The monoisotopic (exact) mass is 636 g/mol. The van der Waals surface area contributed by atoms with Crippen LogP contribution in [0.3, 0.4) is 0 Å². The highest BCUT2D eigenvalue weighted by Gasteiger charge is 2.34. The van der Waals surface area contributed by atoms with Crippen LogP contribution in [0.5, 0.6) is 11.5 Å². The van der Waals surface area contributed by atoms with Gasteiger partial charge in [0.15, 0.2) is 0 Å². The van der Waals surface area contributed by atoms with Crippen molar-refractivity contribution >= 4 is 0 Å². The van der Waals surface area contributed by atoms with Gasteiger partial charge in [-0.25, -0.2) is 0 Å². The highest BCUT2D eigenvalue weighted by molar-refractivity contribution is 5.59. The number of methoxy groups -OCH3 is 1. The van der Waals surface area contributed by atoms with Crippen LogP contribution in [-0.4, -0.2) is 65.1 Å². The van der Waals surface area contributed by atoms with Crippen LogP contribution in [-0.2, 0) is 25.4 Å². The van der Waals surface area contributed by atoms with Crippen molar-refractivity contribution in [3.8, 4) is 11.5 Å². The largest absolute Gasteiger partial charge is 0.491 e. The first-order valence-corrected chi connectivity index (χ1v) is 18.0. The summed E-state index contributed by atoms with van der Waals surface area (Å²) in [7, 11) is 1.60. The molecule has 1 aliphatic heterocycles. The van der Waals surface area contributed by atoms with E-state index in [2.05, 4.69) is 55.4 Å². The summed E-state index contributed by atoms with van der Waals surface area (Å²) < 4.78 is 42.3. The van der Waals surface area contributed by atoms with Crippen LogP contribution in [0.25, 0.3) is 0 Å². The first kappa shape index (κ1) is 38.1. The molecular formula is C39H70O6. The van der Waals surface area contributed by atoms with Gasteiger partial charge in [0.05, 0.1) is 45.7 Å². The van der Waals surface area contributed by atoms with Crippen molar-refractivity contribution in [1.29, 1.82) is 0 Å². The van der Waals surface area contributed by atoms with Gasteiger partial charge in [0, 0.05) is 14.0 Å². The zero-order chi connectivity index (χ0) is 34.0. The van der Waals surface area contributed by atoms with Crippen LogP contribution >= 0.6 is 0 Å². The van der Waals surface area contributed by atoms with Crippen LogP contribution in [0.15, 0.2) is 0 Å². The van der Waals surface area contributed by atoms with Crippen molar-refractivity contribution in [3.05, 3.63) is 22.3 Å². The lowest BCUT2D eigenvalue weighted by Gasteiger charge is -2.38. The minimum absolute atomic E-state index is 0.0972. The summed E-state index contributed by atoms with van der Waals surface area (Å²) in [5, 5.41) is 0. The Kier molecular flexibility index (Phi) is 18.2. The van der Waals surface area contributed by atoms with Gasteiger partial charge in [0.25, 0.3) is 0 Å². The number of fused-ring (bicyclic) bond motifs is 1. The van der Waals surface area contributed by atoms with Gasteiger partial charge in [0.2, 0.25) is 0 Å². The van der Waals surface area contributed by atoms with E-state index < -0.39 is 0 Å². The lowest BCUT2D eigenvalue weighted by molar-refractivity contribution is -0.0180. The van der Waals surface area contributed by atoms with E-state index in [0.29, 0.717) is 46.2 Å². The van der Waals surface area contributed by atoms with Gasteiger partial charge in [-0.15, -0.1) is 0 Å². The summed E-state index contributed by atoms with van der Waals surface area (Å²) in [6, 6.07) is 0. The van der Waals surface area contributed by atoms with Crippen molar-refractivity contribution in [2.45, 2.75) is 145 Å². The van der Waals surface area contributed by atoms with Crippen molar-refractivity contribution in [3.63, 3.8) is 0 Å². The van der Waals surface area contributed by atoms with Crippen LogP contribution in [0, 0.1) is 38.5 Å². The fraction of sp³-hybridized carbons (Fsp3) is 0.846. The Labute approximate surface area is 279 Å². The third-order valence-electron chi connectivity index (χ3n) is 9.69. The average molecular weight is 636 g/mol. The topological polar surface area (TPSA) is 55.4 Å². The fourth-order valence-electron chi connectivity index (χ4n) is 6.40. The lowest BCUT2D eigenvalue weighted by Crippen LogP contribution is -2.37. The summed E-state index contributed by atoms with van der Waals surface area (Å²) in [4.78, 5) is 0. The average Bonchev–Trinajstić information content (AvgIpc) is 3.01. The van der Waals surface area contributed by atoms with E-state index in [1.165, 1.54) is 68.1 Å². The second-order valence-electron chi connectivity index (χ2n) is 14.4. The Balaban J connectivity index is 1.69. The number of benzene rings is 1. The van der Waals surface area contributed by atoms with Gasteiger partial charge >= 0.3 is 0 Å². The van der Waals surface area contributed by atoms with Crippen molar-refractivity contribution in [2.24, 2.45) is 17.8 Å². The summed E-state index contributed by atoms with van der Waals surface area (Å²) >= 11 is 0. The minimum Gasteiger partial charge on any atom is -0.491 e. The van der Waals surface area contributed by atoms with E-state index in [1.807, 2.05) is 0 Å². The van der Waals surface area contributed by atoms with Gasteiger partial charge in [-0.05, 0) is 94.7 Å². The molecule has 45 heavy (non-hydrogen) atoms.